The van der Waals surface area contributed by atoms with E-state index in [9.17, 15) is 4.79 Å². The Morgan fingerprint density at radius 3 is 2.87 bits per heavy atom. The molecule has 0 amide bonds. The molecule has 0 fully saturated rings. The molecule has 0 radical (unpaired) electrons. The van der Waals surface area contributed by atoms with Crippen molar-refractivity contribution in [1.29, 1.82) is 0 Å². The number of anilines is 1. The topological polar surface area (TPSA) is 81.0 Å². The van der Waals surface area contributed by atoms with Crippen LogP contribution in [-0.4, -0.2) is 23.0 Å². The Hall–Kier alpha value is -3.08. The summed E-state index contributed by atoms with van der Waals surface area (Å²) in [6.45, 7) is 2.04. The van der Waals surface area contributed by atoms with Gasteiger partial charge in [0, 0.05) is 17.3 Å². The number of esters is 1. The maximum absolute atomic E-state index is 11.5. The molecule has 3 rings (SSSR count). The third-order valence-electron chi connectivity index (χ3n) is 3.66. The van der Waals surface area contributed by atoms with Gasteiger partial charge in [-0.05, 0) is 47.9 Å². The molecule has 2 aromatic heterocycles. The molecule has 5 heteroatoms. The molecule has 0 saturated carbocycles. The molecule has 0 saturated heterocycles. The molecule has 2 heterocycles. The largest absolute Gasteiger partial charge is 0.464 e. The number of aromatic amines is 1. The number of fused-ring (bicyclic) bond motifs is 1. The number of H-pyrrole nitrogens is 1. The Kier molecular flexibility index (Phi) is 3.85. The molecule has 3 aromatic rings. The van der Waals surface area contributed by atoms with E-state index >= 15 is 0 Å². The van der Waals surface area contributed by atoms with E-state index in [1.165, 1.54) is 7.11 Å². The number of benzene rings is 1. The van der Waals surface area contributed by atoms with Crippen molar-refractivity contribution in [2.24, 2.45) is 0 Å². The highest BCUT2D eigenvalue weighted by Gasteiger charge is 2.09. The lowest BCUT2D eigenvalue weighted by molar-refractivity contribution is 0.0595. The second-order valence-corrected chi connectivity index (χ2v) is 5.33. The van der Waals surface area contributed by atoms with Gasteiger partial charge in [0.15, 0.2) is 0 Å². The van der Waals surface area contributed by atoms with E-state index in [2.05, 4.69) is 9.97 Å². The maximum Gasteiger partial charge on any atom is 0.354 e. The summed E-state index contributed by atoms with van der Waals surface area (Å²) < 4.78 is 4.70. The number of aryl methyl sites for hydroxylation is 1. The third kappa shape index (κ3) is 3.08. The molecule has 0 bridgehead atoms. The number of aromatic nitrogens is 2. The van der Waals surface area contributed by atoms with Crippen LogP contribution in [0.1, 0.15) is 27.2 Å². The highest BCUT2D eigenvalue weighted by molar-refractivity contribution is 5.94. The van der Waals surface area contributed by atoms with Crippen molar-refractivity contribution in [1.82, 2.24) is 9.97 Å². The van der Waals surface area contributed by atoms with Gasteiger partial charge in [-0.2, -0.15) is 0 Å². The fourth-order valence-electron chi connectivity index (χ4n) is 2.37. The van der Waals surface area contributed by atoms with Crippen LogP contribution in [0.2, 0.25) is 0 Å². The van der Waals surface area contributed by atoms with Gasteiger partial charge in [-0.3, -0.25) is 0 Å². The zero-order chi connectivity index (χ0) is 16.4. The lowest BCUT2D eigenvalue weighted by atomic mass is 10.1. The Morgan fingerprint density at radius 2 is 2.09 bits per heavy atom. The predicted molar refractivity (Wildman–Crippen MR) is 92.0 cm³/mol. The first-order valence-electron chi connectivity index (χ1n) is 7.18. The van der Waals surface area contributed by atoms with E-state index in [-0.39, 0.29) is 0 Å². The average Bonchev–Trinajstić information content (AvgIpc) is 2.98. The number of nitrogens with zero attached hydrogens (tertiary/aromatic N) is 1. The molecule has 23 heavy (non-hydrogen) atoms. The Balaban J connectivity index is 1.92. The Labute approximate surface area is 133 Å². The van der Waals surface area contributed by atoms with Gasteiger partial charge in [0.25, 0.3) is 0 Å². The molecule has 0 spiro atoms. The summed E-state index contributed by atoms with van der Waals surface area (Å²) in [5.41, 5.74) is 10.8. The fourth-order valence-corrected chi connectivity index (χ4v) is 2.37. The summed E-state index contributed by atoms with van der Waals surface area (Å²) in [5.74, 6) is -0.407. The second-order valence-electron chi connectivity index (χ2n) is 5.33. The Morgan fingerprint density at radius 1 is 1.26 bits per heavy atom. The number of nitrogen functional groups attached to an aromatic ring is 1. The first-order chi connectivity index (χ1) is 11.1. The quantitative estimate of drug-likeness (QED) is 0.574. The van der Waals surface area contributed by atoms with Crippen LogP contribution in [-0.2, 0) is 4.74 Å². The second kappa shape index (κ2) is 5.96. The first kappa shape index (κ1) is 14.8. The maximum atomic E-state index is 11.5. The summed E-state index contributed by atoms with van der Waals surface area (Å²) in [5, 5.41) is 0.858. The molecule has 3 N–H and O–H groups in total. The van der Waals surface area contributed by atoms with Crippen molar-refractivity contribution in [2.75, 3.05) is 12.8 Å². The van der Waals surface area contributed by atoms with Gasteiger partial charge in [0.05, 0.1) is 7.11 Å². The summed E-state index contributed by atoms with van der Waals surface area (Å²) in [6, 6.07) is 9.50. The number of pyridine rings is 1. The van der Waals surface area contributed by atoms with E-state index in [1.54, 1.807) is 12.3 Å². The van der Waals surface area contributed by atoms with Gasteiger partial charge >= 0.3 is 5.97 Å². The lowest BCUT2D eigenvalue weighted by Gasteiger charge is -2.01. The molecular formula is C18H17N3O2. The van der Waals surface area contributed by atoms with Crippen LogP contribution in [0.5, 0.6) is 0 Å². The molecule has 5 nitrogen and oxygen atoms in total. The molecule has 0 aliphatic rings. The van der Waals surface area contributed by atoms with Crippen molar-refractivity contribution in [3.05, 3.63) is 58.9 Å². The minimum atomic E-state index is -0.407. The summed E-state index contributed by atoms with van der Waals surface area (Å²) in [4.78, 5) is 18.8. The SMILES string of the molecule is COC(=O)c1cc2cc(/C=C/c3cc(N)ccc3C)cnc2[nH]1. The van der Waals surface area contributed by atoms with Gasteiger partial charge in [0.1, 0.15) is 11.3 Å². The number of carbonyl (C=O) groups is 1. The van der Waals surface area contributed by atoms with Crippen LogP contribution < -0.4 is 5.73 Å². The number of nitrogens with two attached hydrogens (primary N) is 1. The third-order valence-corrected chi connectivity index (χ3v) is 3.66. The average molecular weight is 307 g/mol. The van der Waals surface area contributed by atoms with Gasteiger partial charge in [0.2, 0.25) is 0 Å². The minimum Gasteiger partial charge on any atom is -0.464 e. The number of methoxy groups -OCH3 is 1. The van der Waals surface area contributed by atoms with Gasteiger partial charge in [-0.25, -0.2) is 9.78 Å². The Bertz CT molecular complexity index is 910. The molecule has 0 aliphatic heterocycles. The highest BCUT2D eigenvalue weighted by atomic mass is 16.5. The van der Waals surface area contributed by atoms with Crippen LogP contribution >= 0.6 is 0 Å². The smallest absolute Gasteiger partial charge is 0.354 e. The molecule has 0 unspecified atom stereocenters. The van der Waals surface area contributed by atoms with E-state index in [4.69, 9.17) is 10.5 Å². The highest BCUT2D eigenvalue weighted by Crippen LogP contribution is 2.19. The van der Waals surface area contributed by atoms with Crippen molar-refractivity contribution >= 4 is 34.8 Å². The summed E-state index contributed by atoms with van der Waals surface area (Å²) in [6.07, 6.45) is 5.72. The fraction of sp³-hybridized carbons (Fsp3) is 0.111. The van der Waals surface area contributed by atoms with Crippen LogP contribution in [0.25, 0.3) is 23.2 Å². The van der Waals surface area contributed by atoms with E-state index in [0.717, 1.165) is 27.8 Å². The van der Waals surface area contributed by atoms with Crippen molar-refractivity contribution in [2.45, 2.75) is 6.92 Å². The van der Waals surface area contributed by atoms with Gasteiger partial charge in [-0.15, -0.1) is 0 Å². The van der Waals surface area contributed by atoms with E-state index in [0.29, 0.717) is 11.3 Å². The number of hydrogen-bond donors (Lipinski definition) is 2. The van der Waals surface area contributed by atoms with Crippen LogP contribution in [0.4, 0.5) is 5.69 Å². The zero-order valence-electron chi connectivity index (χ0n) is 13.0. The number of ether oxygens (including phenoxy) is 1. The van der Waals surface area contributed by atoms with Gasteiger partial charge in [-0.1, -0.05) is 18.2 Å². The molecule has 116 valence electrons. The molecule has 1 aromatic carbocycles. The normalized spacial score (nSPS) is 11.2. The standard InChI is InChI=1S/C18H17N3O2/c1-11-3-6-15(19)8-13(11)5-4-12-7-14-9-16(18(22)23-2)21-17(14)20-10-12/h3-10H,19H2,1-2H3,(H,20,21)/b5-4+. The number of hydrogen-bond acceptors (Lipinski definition) is 4. The molecular weight excluding hydrogens is 290 g/mol. The van der Waals surface area contributed by atoms with Crippen molar-refractivity contribution < 1.29 is 9.53 Å². The van der Waals surface area contributed by atoms with E-state index < -0.39 is 5.97 Å². The zero-order valence-corrected chi connectivity index (χ0v) is 13.0. The van der Waals surface area contributed by atoms with E-state index in [1.807, 2.05) is 43.3 Å². The molecule has 0 aliphatic carbocycles. The van der Waals surface area contributed by atoms with Crippen molar-refractivity contribution in [3.63, 3.8) is 0 Å². The van der Waals surface area contributed by atoms with Gasteiger partial charge < -0.3 is 15.5 Å². The van der Waals surface area contributed by atoms with Crippen LogP contribution in [0.15, 0.2) is 36.5 Å². The summed E-state index contributed by atoms with van der Waals surface area (Å²) in [7, 11) is 1.35. The first-order valence-corrected chi connectivity index (χ1v) is 7.18. The predicted octanol–water partition coefficient (Wildman–Crippen LogP) is 3.41. The number of nitrogens with one attached hydrogen (secondary N) is 1. The summed E-state index contributed by atoms with van der Waals surface area (Å²) >= 11 is 0. The number of carbonyl (C=O) groups excluding carboxylic acids is 1. The minimum absolute atomic E-state index is 0.391. The monoisotopic (exact) mass is 307 g/mol. The van der Waals surface area contributed by atoms with Crippen molar-refractivity contribution in [3.8, 4) is 0 Å². The number of rotatable bonds is 3. The van der Waals surface area contributed by atoms with Crippen LogP contribution in [0, 0.1) is 6.92 Å². The molecule has 0 atom stereocenters. The lowest BCUT2D eigenvalue weighted by Crippen LogP contribution is -2.00. The van der Waals surface area contributed by atoms with Crippen LogP contribution in [0.3, 0.4) is 0 Å².